The standard InChI is InChI=1S/C18H15BrClF4N3O2/c19-12-1-2-15(14(21)8-12)29-10-16(28)26-3-5-27(6-4-26)17-13(20)7-11(9-25-17)18(22,23)24/h1-2,7-9H,3-6,10H2. The number of rotatable bonds is 4. The fourth-order valence-corrected chi connectivity index (χ4v) is 3.43. The molecule has 2 aromatic rings. The highest BCUT2D eigenvalue weighted by Crippen LogP contribution is 2.33. The van der Waals surface area contributed by atoms with Crippen molar-refractivity contribution in [2.45, 2.75) is 6.18 Å². The number of amides is 1. The molecule has 11 heteroatoms. The van der Waals surface area contributed by atoms with E-state index in [0.717, 1.165) is 12.3 Å². The molecule has 156 valence electrons. The lowest BCUT2D eigenvalue weighted by molar-refractivity contribution is -0.138. The topological polar surface area (TPSA) is 45.7 Å². The zero-order chi connectivity index (χ0) is 21.2. The molecule has 0 aliphatic carbocycles. The molecule has 1 fully saturated rings. The summed E-state index contributed by atoms with van der Waals surface area (Å²) in [6, 6.07) is 5.09. The van der Waals surface area contributed by atoms with Crippen LogP contribution in [0.2, 0.25) is 5.02 Å². The first-order chi connectivity index (χ1) is 13.6. The van der Waals surface area contributed by atoms with Crippen molar-refractivity contribution < 1.29 is 27.1 Å². The summed E-state index contributed by atoms with van der Waals surface area (Å²) in [5.74, 6) is -0.695. The average Bonchev–Trinajstić information content (AvgIpc) is 2.66. The van der Waals surface area contributed by atoms with Crippen molar-refractivity contribution in [1.82, 2.24) is 9.88 Å². The van der Waals surface area contributed by atoms with E-state index < -0.39 is 17.6 Å². The first-order valence-electron chi connectivity index (χ1n) is 8.48. The summed E-state index contributed by atoms with van der Waals surface area (Å²) < 4.78 is 57.7. The number of ether oxygens (including phenoxy) is 1. The molecule has 0 bridgehead atoms. The van der Waals surface area contributed by atoms with Gasteiger partial charge in [0.25, 0.3) is 5.91 Å². The summed E-state index contributed by atoms with van der Waals surface area (Å²) in [7, 11) is 0. The van der Waals surface area contributed by atoms with Crippen LogP contribution in [0.3, 0.4) is 0 Å². The SMILES string of the molecule is O=C(COc1ccc(Br)cc1F)N1CCN(c2ncc(C(F)(F)F)cc2Cl)CC1. The van der Waals surface area contributed by atoms with Crippen molar-refractivity contribution in [3.8, 4) is 5.75 Å². The Morgan fingerprint density at radius 3 is 2.48 bits per heavy atom. The van der Waals surface area contributed by atoms with Crippen LogP contribution >= 0.6 is 27.5 Å². The summed E-state index contributed by atoms with van der Waals surface area (Å²) in [6.07, 6.45) is -3.78. The second kappa shape index (κ2) is 8.74. The summed E-state index contributed by atoms with van der Waals surface area (Å²) >= 11 is 9.10. The van der Waals surface area contributed by atoms with E-state index in [1.165, 1.54) is 17.0 Å². The second-order valence-corrected chi connectivity index (χ2v) is 7.58. The molecule has 3 rings (SSSR count). The number of aromatic nitrogens is 1. The molecule has 1 amide bonds. The van der Waals surface area contributed by atoms with Gasteiger partial charge in [-0.2, -0.15) is 13.2 Å². The maximum absolute atomic E-state index is 13.7. The monoisotopic (exact) mass is 495 g/mol. The number of nitrogens with zero attached hydrogens (tertiary/aromatic N) is 3. The molecule has 0 unspecified atom stereocenters. The van der Waals surface area contributed by atoms with Crippen LogP contribution in [0.1, 0.15) is 5.56 Å². The lowest BCUT2D eigenvalue weighted by atomic mass is 10.2. The van der Waals surface area contributed by atoms with Crippen LogP contribution in [-0.4, -0.2) is 48.6 Å². The van der Waals surface area contributed by atoms with E-state index in [2.05, 4.69) is 20.9 Å². The Kier molecular flexibility index (Phi) is 6.52. The van der Waals surface area contributed by atoms with Crippen molar-refractivity contribution in [3.05, 3.63) is 51.3 Å². The largest absolute Gasteiger partial charge is 0.481 e. The van der Waals surface area contributed by atoms with E-state index in [0.29, 0.717) is 30.7 Å². The third-order valence-corrected chi connectivity index (χ3v) is 5.10. The lowest BCUT2D eigenvalue weighted by Crippen LogP contribution is -2.50. The van der Waals surface area contributed by atoms with Crippen LogP contribution in [0, 0.1) is 5.82 Å². The van der Waals surface area contributed by atoms with Crippen LogP contribution in [0.5, 0.6) is 5.75 Å². The van der Waals surface area contributed by atoms with E-state index in [1.807, 2.05) is 0 Å². The molecule has 1 aromatic carbocycles. The van der Waals surface area contributed by atoms with Gasteiger partial charge in [0.15, 0.2) is 18.2 Å². The fraction of sp³-hybridized carbons (Fsp3) is 0.333. The highest BCUT2D eigenvalue weighted by Gasteiger charge is 2.32. The molecule has 0 atom stereocenters. The Balaban J connectivity index is 1.55. The zero-order valence-electron chi connectivity index (χ0n) is 14.8. The number of hydrogen-bond acceptors (Lipinski definition) is 4. The number of hydrogen-bond donors (Lipinski definition) is 0. The Hall–Kier alpha value is -2.07. The molecular weight excluding hydrogens is 482 g/mol. The van der Waals surface area contributed by atoms with Crippen molar-refractivity contribution >= 4 is 39.3 Å². The normalized spacial score (nSPS) is 14.8. The minimum absolute atomic E-state index is 0.0269. The maximum Gasteiger partial charge on any atom is 0.417 e. The number of carbonyl (C=O) groups is 1. The Morgan fingerprint density at radius 2 is 1.90 bits per heavy atom. The van der Waals surface area contributed by atoms with Gasteiger partial charge in [0.05, 0.1) is 10.6 Å². The first-order valence-corrected chi connectivity index (χ1v) is 9.65. The molecule has 2 heterocycles. The van der Waals surface area contributed by atoms with Crippen LogP contribution in [-0.2, 0) is 11.0 Å². The summed E-state index contributed by atoms with van der Waals surface area (Å²) in [5.41, 5.74) is -0.919. The maximum atomic E-state index is 13.7. The highest BCUT2D eigenvalue weighted by molar-refractivity contribution is 9.10. The van der Waals surface area contributed by atoms with Crippen molar-refractivity contribution in [1.29, 1.82) is 0 Å². The molecule has 0 spiro atoms. The minimum atomic E-state index is -4.52. The van der Waals surface area contributed by atoms with Gasteiger partial charge in [0, 0.05) is 36.8 Å². The van der Waals surface area contributed by atoms with Gasteiger partial charge >= 0.3 is 6.18 Å². The number of carbonyl (C=O) groups excluding carboxylic acids is 1. The molecule has 0 radical (unpaired) electrons. The van der Waals surface area contributed by atoms with E-state index in [9.17, 15) is 22.4 Å². The Labute approximate surface area is 177 Å². The summed E-state index contributed by atoms with van der Waals surface area (Å²) in [4.78, 5) is 19.4. The predicted octanol–water partition coefficient (Wildman–Crippen LogP) is 4.38. The Bertz CT molecular complexity index is 905. The zero-order valence-corrected chi connectivity index (χ0v) is 17.2. The van der Waals surface area contributed by atoms with Gasteiger partial charge < -0.3 is 14.5 Å². The van der Waals surface area contributed by atoms with Gasteiger partial charge in [-0.25, -0.2) is 9.37 Å². The van der Waals surface area contributed by atoms with E-state index in [-0.39, 0.29) is 29.1 Å². The van der Waals surface area contributed by atoms with Crippen LogP contribution in [0.15, 0.2) is 34.9 Å². The first kappa shape index (κ1) is 21.6. The minimum Gasteiger partial charge on any atom is -0.481 e. The molecule has 29 heavy (non-hydrogen) atoms. The third-order valence-electron chi connectivity index (χ3n) is 4.33. The average molecular weight is 497 g/mol. The number of alkyl halides is 3. The van der Waals surface area contributed by atoms with E-state index in [4.69, 9.17) is 16.3 Å². The summed E-state index contributed by atoms with van der Waals surface area (Å²) in [5, 5.41) is -0.103. The van der Waals surface area contributed by atoms with Crippen molar-refractivity contribution in [2.24, 2.45) is 0 Å². The predicted molar refractivity (Wildman–Crippen MR) is 103 cm³/mol. The number of anilines is 1. The van der Waals surface area contributed by atoms with Gasteiger partial charge in [-0.3, -0.25) is 4.79 Å². The smallest absolute Gasteiger partial charge is 0.417 e. The quantitative estimate of drug-likeness (QED) is 0.590. The molecule has 1 aliphatic heterocycles. The van der Waals surface area contributed by atoms with Crippen molar-refractivity contribution in [2.75, 3.05) is 37.7 Å². The molecule has 1 saturated heterocycles. The van der Waals surface area contributed by atoms with E-state index in [1.54, 1.807) is 11.0 Å². The van der Waals surface area contributed by atoms with Gasteiger partial charge in [-0.05, 0) is 24.3 Å². The van der Waals surface area contributed by atoms with Gasteiger partial charge in [0.2, 0.25) is 0 Å². The number of pyridine rings is 1. The van der Waals surface area contributed by atoms with Gasteiger partial charge in [-0.15, -0.1) is 0 Å². The third kappa shape index (κ3) is 5.30. The number of benzene rings is 1. The number of piperazine rings is 1. The van der Waals surface area contributed by atoms with Crippen LogP contribution in [0.25, 0.3) is 0 Å². The molecule has 1 aliphatic rings. The highest BCUT2D eigenvalue weighted by atomic mass is 79.9. The van der Waals surface area contributed by atoms with Crippen LogP contribution < -0.4 is 9.64 Å². The van der Waals surface area contributed by atoms with E-state index >= 15 is 0 Å². The fourth-order valence-electron chi connectivity index (χ4n) is 2.81. The molecule has 1 aromatic heterocycles. The lowest BCUT2D eigenvalue weighted by Gasteiger charge is -2.35. The molecular formula is C18H15BrClF4N3O2. The molecule has 0 N–H and O–H groups in total. The molecule has 5 nitrogen and oxygen atoms in total. The van der Waals surface area contributed by atoms with Gasteiger partial charge in [-0.1, -0.05) is 27.5 Å². The van der Waals surface area contributed by atoms with Crippen molar-refractivity contribution in [3.63, 3.8) is 0 Å². The van der Waals surface area contributed by atoms with Gasteiger partial charge in [0.1, 0.15) is 5.82 Å². The second-order valence-electron chi connectivity index (χ2n) is 6.26. The number of halogens is 6. The van der Waals surface area contributed by atoms with Crippen LogP contribution in [0.4, 0.5) is 23.4 Å². The summed E-state index contributed by atoms with van der Waals surface area (Å²) in [6.45, 7) is 0.985. The Morgan fingerprint density at radius 1 is 1.21 bits per heavy atom. The molecule has 0 saturated carbocycles.